The number of primary amides is 1. The third kappa shape index (κ3) is 4.83. The van der Waals surface area contributed by atoms with E-state index in [0.29, 0.717) is 28.5 Å². The van der Waals surface area contributed by atoms with Crippen molar-refractivity contribution in [2.24, 2.45) is 23.5 Å². The Morgan fingerprint density at radius 2 is 1.87 bits per heavy atom. The maximum Gasteiger partial charge on any atom is 0.411 e. The largest absolute Gasteiger partial charge is 0.444 e. The Bertz CT molecular complexity index is 1350. The lowest BCUT2D eigenvalue weighted by Gasteiger charge is -2.35. The van der Waals surface area contributed by atoms with Crippen molar-refractivity contribution in [3.8, 4) is 17.2 Å². The molecular formula is C29H31FN4O4. The van der Waals surface area contributed by atoms with E-state index in [2.05, 4.69) is 11.4 Å². The molecule has 38 heavy (non-hydrogen) atoms. The fraction of sp³-hybridized carbons (Fsp3) is 0.448. The molecule has 8 nitrogen and oxygen atoms in total. The standard InChI is InChI=1S/C29H31FN4O4/c1-29(2,3)38-28(37)34-24-13-22(20-12-21(20)24)25(34)27(36)33-19(14-31)10-17-8-7-16(11-23(17)30)15-5-4-6-18(9-15)26(32)35/h4-9,11,19-22,24-25H,10,12-13H2,1-3H3,(H2,32,35)(H,33,36)/t19-,20+,21-,22+,24-,25?/m0/s1. The lowest BCUT2D eigenvalue weighted by Crippen LogP contribution is -2.56. The molecule has 3 N–H and O–H groups in total. The van der Waals surface area contributed by atoms with Gasteiger partial charge in [-0.1, -0.05) is 24.3 Å². The van der Waals surface area contributed by atoms with E-state index in [0.717, 1.165) is 12.8 Å². The average molecular weight is 519 g/mol. The zero-order valence-electron chi connectivity index (χ0n) is 21.6. The van der Waals surface area contributed by atoms with Crippen molar-refractivity contribution in [3.63, 3.8) is 0 Å². The van der Waals surface area contributed by atoms with Crippen molar-refractivity contribution in [3.05, 3.63) is 59.4 Å². The van der Waals surface area contributed by atoms with Gasteiger partial charge in [-0.2, -0.15) is 5.26 Å². The first kappa shape index (κ1) is 25.7. The Morgan fingerprint density at radius 3 is 2.53 bits per heavy atom. The molecule has 0 aromatic heterocycles. The van der Waals surface area contributed by atoms with E-state index in [9.17, 15) is 19.6 Å². The molecule has 0 radical (unpaired) electrons. The zero-order chi connectivity index (χ0) is 27.4. The van der Waals surface area contributed by atoms with Crippen LogP contribution in [0.5, 0.6) is 0 Å². The second-order valence-corrected chi connectivity index (χ2v) is 11.5. The molecule has 1 aliphatic heterocycles. The van der Waals surface area contributed by atoms with Crippen LogP contribution < -0.4 is 11.1 Å². The lowest BCUT2D eigenvalue weighted by molar-refractivity contribution is -0.128. The number of fused-ring (bicyclic) bond motifs is 5. The SMILES string of the molecule is CC(C)(C)OC(=O)N1C(C(=O)N[C@H](C#N)Cc2ccc(-c3cccc(C(N)=O)c3)cc2F)[C@@H]2C[C@H]1[C@H]1C[C@H]12. The summed E-state index contributed by atoms with van der Waals surface area (Å²) in [5.41, 5.74) is 6.43. The molecule has 9 heteroatoms. The minimum atomic E-state index is -0.976. The highest BCUT2D eigenvalue weighted by Crippen LogP contribution is 2.63. The highest BCUT2D eigenvalue weighted by atomic mass is 19.1. The Morgan fingerprint density at radius 1 is 1.13 bits per heavy atom. The number of amides is 3. The molecule has 1 saturated heterocycles. The second-order valence-electron chi connectivity index (χ2n) is 11.5. The van der Waals surface area contributed by atoms with E-state index in [1.165, 1.54) is 6.07 Å². The molecule has 2 aromatic carbocycles. The van der Waals surface area contributed by atoms with Crippen LogP contribution in [-0.4, -0.2) is 46.5 Å². The molecule has 2 saturated carbocycles. The number of benzene rings is 2. The summed E-state index contributed by atoms with van der Waals surface area (Å²) in [6, 6.07) is 11.6. The highest BCUT2D eigenvalue weighted by molar-refractivity contribution is 5.94. The van der Waals surface area contributed by atoms with Crippen LogP contribution in [0.4, 0.5) is 9.18 Å². The molecule has 3 amide bonds. The zero-order valence-corrected chi connectivity index (χ0v) is 21.6. The van der Waals surface area contributed by atoms with Gasteiger partial charge in [-0.05, 0) is 86.3 Å². The fourth-order valence-corrected chi connectivity index (χ4v) is 6.13. The van der Waals surface area contributed by atoms with Crippen LogP contribution in [0.3, 0.4) is 0 Å². The van der Waals surface area contributed by atoms with Gasteiger partial charge in [-0.15, -0.1) is 0 Å². The molecule has 5 rings (SSSR count). The predicted molar refractivity (Wildman–Crippen MR) is 137 cm³/mol. The van der Waals surface area contributed by atoms with Crippen LogP contribution in [0, 0.1) is 34.9 Å². The minimum Gasteiger partial charge on any atom is -0.444 e. The Kier molecular flexibility index (Phi) is 6.38. The topological polar surface area (TPSA) is 126 Å². The fourth-order valence-electron chi connectivity index (χ4n) is 6.13. The maximum absolute atomic E-state index is 15.1. The van der Waals surface area contributed by atoms with Crippen molar-refractivity contribution in [2.75, 3.05) is 0 Å². The number of carbonyl (C=O) groups is 3. The monoisotopic (exact) mass is 518 g/mol. The van der Waals surface area contributed by atoms with E-state index in [1.807, 2.05) is 0 Å². The number of piperidine rings is 1. The summed E-state index contributed by atoms with van der Waals surface area (Å²) in [5, 5.41) is 12.5. The van der Waals surface area contributed by atoms with Crippen molar-refractivity contribution in [1.82, 2.24) is 10.2 Å². The number of ether oxygens (including phenoxy) is 1. The van der Waals surface area contributed by atoms with Gasteiger partial charge in [-0.25, -0.2) is 9.18 Å². The summed E-state index contributed by atoms with van der Waals surface area (Å²) in [5.74, 6) is -0.621. The average Bonchev–Trinajstić information content (AvgIpc) is 3.47. The number of rotatable bonds is 6. The number of nitrogens with two attached hydrogens (primary N) is 1. The van der Waals surface area contributed by atoms with E-state index in [1.54, 1.807) is 62.1 Å². The second kappa shape index (κ2) is 9.43. The van der Waals surface area contributed by atoms with Gasteiger partial charge in [0.05, 0.1) is 6.07 Å². The first-order valence-electron chi connectivity index (χ1n) is 12.9. The first-order chi connectivity index (χ1) is 18.0. The summed E-state index contributed by atoms with van der Waals surface area (Å²) in [6.07, 6.45) is 1.22. The van der Waals surface area contributed by atoms with Crippen LogP contribution in [0.1, 0.15) is 49.5 Å². The van der Waals surface area contributed by atoms with E-state index < -0.39 is 41.4 Å². The molecule has 198 valence electrons. The number of halogens is 1. The van der Waals surface area contributed by atoms with Gasteiger partial charge in [0.2, 0.25) is 11.8 Å². The Balaban J connectivity index is 1.29. The third-order valence-corrected chi connectivity index (χ3v) is 7.81. The number of carbonyl (C=O) groups excluding carboxylic acids is 3. The van der Waals surface area contributed by atoms with Crippen LogP contribution in [0.15, 0.2) is 42.5 Å². The predicted octanol–water partition coefficient (Wildman–Crippen LogP) is 3.79. The number of nitrogens with zero attached hydrogens (tertiary/aromatic N) is 2. The van der Waals surface area contributed by atoms with Gasteiger partial charge in [0.25, 0.3) is 0 Å². The van der Waals surface area contributed by atoms with Crippen LogP contribution in [-0.2, 0) is 16.0 Å². The molecule has 1 unspecified atom stereocenters. The normalized spacial score (nSPS) is 25.8. The maximum atomic E-state index is 15.1. The summed E-state index contributed by atoms with van der Waals surface area (Å²) in [6.45, 7) is 5.36. The Labute approximate surface area is 220 Å². The summed E-state index contributed by atoms with van der Waals surface area (Å²) in [7, 11) is 0. The van der Waals surface area contributed by atoms with Crippen LogP contribution in [0.2, 0.25) is 0 Å². The van der Waals surface area contributed by atoms with Gasteiger partial charge in [0, 0.05) is 18.0 Å². The third-order valence-electron chi connectivity index (χ3n) is 7.81. The van der Waals surface area contributed by atoms with Crippen molar-refractivity contribution in [1.29, 1.82) is 5.26 Å². The highest BCUT2D eigenvalue weighted by Gasteiger charge is 2.67. The van der Waals surface area contributed by atoms with Crippen molar-refractivity contribution in [2.45, 2.75) is 63.8 Å². The summed E-state index contributed by atoms with van der Waals surface area (Å²) < 4.78 is 20.7. The van der Waals surface area contributed by atoms with Crippen molar-refractivity contribution >= 4 is 17.9 Å². The number of nitrogens with one attached hydrogen (secondary N) is 1. The van der Waals surface area contributed by atoms with Crippen LogP contribution >= 0.6 is 0 Å². The van der Waals surface area contributed by atoms with Gasteiger partial charge in [0.1, 0.15) is 23.5 Å². The van der Waals surface area contributed by atoms with Crippen LogP contribution in [0.25, 0.3) is 11.1 Å². The first-order valence-corrected chi connectivity index (χ1v) is 12.9. The summed E-state index contributed by atoms with van der Waals surface area (Å²) >= 11 is 0. The quantitative estimate of drug-likeness (QED) is 0.602. The molecule has 2 aliphatic carbocycles. The summed E-state index contributed by atoms with van der Waals surface area (Å²) in [4.78, 5) is 39.5. The molecule has 3 aliphatic rings. The van der Waals surface area contributed by atoms with Gasteiger partial charge >= 0.3 is 6.09 Å². The Hall–Kier alpha value is -3.93. The van der Waals surface area contributed by atoms with Crippen molar-refractivity contribution < 1.29 is 23.5 Å². The minimum absolute atomic E-state index is 0.0193. The molecule has 2 bridgehead atoms. The smallest absolute Gasteiger partial charge is 0.411 e. The van der Waals surface area contributed by atoms with Gasteiger partial charge in [0.15, 0.2) is 0 Å². The van der Waals surface area contributed by atoms with E-state index >= 15 is 4.39 Å². The molecular weight excluding hydrogens is 487 g/mol. The molecule has 6 atom stereocenters. The van der Waals surface area contributed by atoms with Gasteiger partial charge < -0.3 is 15.8 Å². The number of hydrogen-bond acceptors (Lipinski definition) is 5. The molecule has 3 fully saturated rings. The molecule has 0 spiro atoms. The number of hydrogen-bond donors (Lipinski definition) is 2. The molecule has 1 heterocycles. The number of likely N-dealkylation sites (tertiary alicyclic amines) is 1. The van der Waals surface area contributed by atoms with Gasteiger partial charge in [-0.3, -0.25) is 14.5 Å². The number of nitriles is 1. The molecule has 2 aromatic rings. The lowest BCUT2D eigenvalue weighted by atomic mass is 9.95. The van der Waals surface area contributed by atoms with E-state index in [4.69, 9.17) is 10.5 Å². The van der Waals surface area contributed by atoms with E-state index in [-0.39, 0.29) is 23.9 Å².